The van der Waals surface area contributed by atoms with Crippen molar-refractivity contribution in [1.29, 1.82) is 0 Å². The van der Waals surface area contributed by atoms with Gasteiger partial charge in [-0.15, -0.1) is 0 Å². The molecule has 1 heterocycles. The number of hydrogen-bond acceptors (Lipinski definition) is 2. The van der Waals surface area contributed by atoms with Crippen LogP contribution in [-0.4, -0.2) is 10.8 Å². The van der Waals surface area contributed by atoms with Crippen molar-refractivity contribution >= 4 is 21.7 Å². The maximum Gasteiger partial charge on any atom is 0.178 e. The number of aromatic nitrogens is 1. The summed E-state index contributed by atoms with van der Waals surface area (Å²) in [4.78, 5) is 15.5. The summed E-state index contributed by atoms with van der Waals surface area (Å²) in [6, 6.07) is 5.53. The van der Waals surface area contributed by atoms with Crippen molar-refractivity contribution in [3.05, 3.63) is 29.6 Å². The highest BCUT2D eigenvalue weighted by Gasteiger charge is 2.08. The van der Waals surface area contributed by atoms with Crippen LogP contribution in [0.15, 0.2) is 18.2 Å². The number of rotatable bonds is 3. The van der Waals surface area contributed by atoms with Crippen LogP contribution in [0.3, 0.4) is 0 Å². The molecular weight excluding hydrogens is 230 g/mol. The van der Waals surface area contributed by atoms with Gasteiger partial charge in [-0.3, -0.25) is 4.79 Å². The smallest absolute Gasteiger partial charge is 0.178 e. The van der Waals surface area contributed by atoms with Crippen LogP contribution in [0.2, 0.25) is 0 Å². The molecule has 70 valence electrons. The van der Waals surface area contributed by atoms with E-state index in [4.69, 9.17) is 0 Å². The van der Waals surface area contributed by atoms with E-state index in [0.717, 1.165) is 12.1 Å². The molecule has 0 aliphatic heterocycles. The molecule has 1 rings (SSSR count). The van der Waals surface area contributed by atoms with Gasteiger partial charge in [0.15, 0.2) is 5.78 Å². The summed E-state index contributed by atoms with van der Waals surface area (Å²) in [5, 5.41) is 0. The topological polar surface area (TPSA) is 30.0 Å². The second-order valence-electron chi connectivity index (χ2n) is 2.88. The zero-order chi connectivity index (χ0) is 9.84. The molecule has 3 heteroatoms. The highest BCUT2D eigenvalue weighted by atomic mass is 79.9. The number of halogens is 1. The highest BCUT2D eigenvalue weighted by Crippen LogP contribution is 2.23. The van der Waals surface area contributed by atoms with Crippen LogP contribution in [0.4, 0.5) is 0 Å². The van der Waals surface area contributed by atoms with E-state index in [1.807, 2.05) is 12.1 Å². The Labute approximate surface area is 86.5 Å². The lowest BCUT2D eigenvalue weighted by Gasteiger charge is -2.06. The first-order chi connectivity index (χ1) is 6.15. The predicted molar refractivity (Wildman–Crippen MR) is 56.2 cm³/mol. The maximum atomic E-state index is 11.0. The van der Waals surface area contributed by atoms with E-state index in [0.29, 0.717) is 5.69 Å². The molecule has 0 spiro atoms. The van der Waals surface area contributed by atoms with Gasteiger partial charge in [0.2, 0.25) is 0 Å². The highest BCUT2D eigenvalue weighted by molar-refractivity contribution is 9.09. The van der Waals surface area contributed by atoms with Gasteiger partial charge in [-0.05, 0) is 18.6 Å². The van der Waals surface area contributed by atoms with E-state index in [1.54, 1.807) is 6.07 Å². The van der Waals surface area contributed by atoms with Gasteiger partial charge in [0.1, 0.15) is 5.69 Å². The van der Waals surface area contributed by atoms with Gasteiger partial charge < -0.3 is 0 Å². The van der Waals surface area contributed by atoms with Crippen molar-refractivity contribution in [1.82, 2.24) is 4.98 Å². The second kappa shape index (κ2) is 4.51. The summed E-state index contributed by atoms with van der Waals surface area (Å²) in [6.07, 6.45) is 0.967. The minimum atomic E-state index is 0.0117. The Morgan fingerprint density at radius 1 is 1.62 bits per heavy atom. The molecule has 1 aromatic rings. The summed E-state index contributed by atoms with van der Waals surface area (Å²) in [5.74, 6) is 0.0117. The van der Waals surface area contributed by atoms with E-state index in [2.05, 4.69) is 27.8 Å². The third-order valence-electron chi connectivity index (χ3n) is 1.81. The van der Waals surface area contributed by atoms with Crippen LogP contribution in [0.5, 0.6) is 0 Å². The number of nitrogens with zero attached hydrogens (tertiary/aromatic N) is 1. The lowest BCUT2D eigenvalue weighted by Crippen LogP contribution is -2.00. The van der Waals surface area contributed by atoms with Crippen molar-refractivity contribution < 1.29 is 4.79 Å². The molecule has 0 radical (unpaired) electrons. The third kappa shape index (κ3) is 2.62. The Morgan fingerprint density at radius 3 is 2.85 bits per heavy atom. The zero-order valence-electron chi connectivity index (χ0n) is 7.75. The third-order valence-corrected chi connectivity index (χ3v) is 2.93. The molecule has 0 saturated heterocycles. The van der Waals surface area contributed by atoms with E-state index < -0.39 is 0 Å². The molecule has 1 atom stereocenters. The first kappa shape index (κ1) is 10.4. The van der Waals surface area contributed by atoms with E-state index in [-0.39, 0.29) is 10.6 Å². The molecule has 0 N–H and O–H groups in total. The lowest BCUT2D eigenvalue weighted by molar-refractivity contribution is 0.101. The number of hydrogen-bond donors (Lipinski definition) is 0. The second-order valence-corrected chi connectivity index (χ2v) is 3.98. The Bertz CT molecular complexity index is 312. The Balaban J connectivity index is 2.98. The fourth-order valence-electron chi connectivity index (χ4n) is 1.03. The fourth-order valence-corrected chi connectivity index (χ4v) is 1.29. The molecule has 1 aromatic heterocycles. The van der Waals surface area contributed by atoms with Gasteiger partial charge in [0.05, 0.1) is 10.5 Å². The molecule has 0 amide bonds. The molecule has 0 aromatic carbocycles. The van der Waals surface area contributed by atoms with Gasteiger partial charge in [0.25, 0.3) is 0 Å². The Morgan fingerprint density at radius 2 is 2.31 bits per heavy atom. The quantitative estimate of drug-likeness (QED) is 0.602. The van der Waals surface area contributed by atoms with Crippen molar-refractivity contribution in [2.75, 3.05) is 0 Å². The number of carbonyl (C=O) groups is 1. The van der Waals surface area contributed by atoms with E-state index >= 15 is 0 Å². The summed E-state index contributed by atoms with van der Waals surface area (Å²) in [6.45, 7) is 3.60. The van der Waals surface area contributed by atoms with E-state index in [1.165, 1.54) is 6.92 Å². The first-order valence-electron chi connectivity index (χ1n) is 4.27. The molecule has 2 nitrogen and oxygen atoms in total. The fraction of sp³-hybridized carbons (Fsp3) is 0.400. The number of carbonyl (C=O) groups excluding carboxylic acids is 1. The predicted octanol–water partition coefficient (Wildman–Crippen LogP) is 3.13. The van der Waals surface area contributed by atoms with Gasteiger partial charge in [0, 0.05) is 6.92 Å². The van der Waals surface area contributed by atoms with Crippen LogP contribution in [0, 0.1) is 0 Å². The van der Waals surface area contributed by atoms with Gasteiger partial charge in [-0.1, -0.05) is 28.9 Å². The molecule has 0 aliphatic carbocycles. The Kier molecular flexibility index (Phi) is 3.60. The molecule has 0 aliphatic rings. The molecule has 1 unspecified atom stereocenters. The van der Waals surface area contributed by atoms with Crippen molar-refractivity contribution in [3.63, 3.8) is 0 Å². The molecule has 0 bridgehead atoms. The average Bonchev–Trinajstić information content (AvgIpc) is 2.17. The summed E-state index contributed by atoms with van der Waals surface area (Å²) in [7, 11) is 0. The summed E-state index contributed by atoms with van der Waals surface area (Å²) < 4.78 is 0. The standard InChI is InChI=1S/C10H12BrNO/c1-3-8(11)10-6-4-5-9(12-10)7(2)13/h4-6,8H,3H2,1-2H3. The van der Waals surface area contributed by atoms with Crippen LogP contribution in [0.1, 0.15) is 41.3 Å². The average molecular weight is 242 g/mol. The molecule has 0 fully saturated rings. The molecular formula is C10H12BrNO. The van der Waals surface area contributed by atoms with Crippen LogP contribution >= 0.6 is 15.9 Å². The summed E-state index contributed by atoms with van der Waals surface area (Å²) in [5.41, 5.74) is 1.46. The van der Waals surface area contributed by atoms with Gasteiger partial charge >= 0.3 is 0 Å². The minimum Gasteiger partial charge on any atom is -0.293 e. The molecule has 13 heavy (non-hydrogen) atoms. The zero-order valence-corrected chi connectivity index (χ0v) is 9.34. The monoisotopic (exact) mass is 241 g/mol. The van der Waals surface area contributed by atoms with Crippen molar-refractivity contribution in [2.45, 2.75) is 25.1 Å². The van der Waals surface area contributed by atoms with Gasteiger partial charge in [-0.25, -0.2) is 4.98 Å². The van der Waals surface area contributed by atoms with E-state index in [9.17, 15) is 4.79 Å². The first-order valence-corrected chi connectivity index (χ1v) is 5.18. The normalized spacial score (nSPS) is 12.5. The maximum absolute atomic E-state index is 11.0. The number of pyridine rings is 1. The van der Waals surface area contributed by atoms with Gasteiger partial charge in [-0.2, -0.15) is 0 Å². The van der Waals surface area contributed by atoms with Crippen molar-refractivity contribution in [3.8, 4) is 0 Å². The number of ketones is 1. The summed E-state index contributed by atoms with van der Waals surface area (Å²) >= 11 is 3.49. The van der Waals surface area contributed by atoms with Crippen molar-refractivity contribution in [2.24, 2.45) is 0 Å². The van der Waals surface area contributed by atoms with Crippen LogP contribution < -0.4 is 0 Å². The lowest BCUT2D eigenvalue weighted by atomic mass is 10.2. The largest absolute Gasteiger partial charge is 0.293 e. The minimum absolute atomic E-state index is 0.0117. The molecule has 0 saturated carbocycles. The SMILES string of the molecule is CCC(Br)c1cccc(C(C)=O)n1. The Hall–Kier alpha value is -0.700. The number of Topliss-reactive ketones (excluding diaryl/α,β-unsaturated/α-hetero) is 1. The van der Waals surface area contributed by atoms with Crippen LogP contribution in [-0.2, 0) is 0 Å². The van der Waals surface area contributed by atoms with Crippen LogP contribution in [0.25, 0.3) is 0 Å². The number of alkyl halides is 1.